The topological polar surface area (TPSA) is 15.3 Å². The van der Waals surface area contributed by atoms with Gasteiger partial charge in [-0.2, -0.15) is 0 Å². The van der Waals surface area contributed by atoms with Gasteiger partial charge in [0.1, 0.15) is 5.82 Å². The lowest BCUT2D eigenvalue weighted by molar-refractivity contribution is 0.200. The van der Waals surface area contributed by atoms with Crippen molar-refractivity contribution in [2.75, 3.05) is 26.2 Å². The van der Waals surface area contributed by atoms with Crippen LogP contribution in [0.4, 0.5) is 4.39 Å². The Kier molecular flexibility index (Phi) is 4.15. The first-order chi connectivity index (χ1) is 8.22. The average Bonchev–Trinajstić information content (AvgIpc) is 2.36. The van der Waals surface area contributed by atoms with E-state index in [1.807, 2.05) is 0 Å². The van der Waals surface area contributed by atoms with Crippen LogP contribution < -0.4 is 5.32 Å². The fraction of sp³-hybridized carbons (Fsp3) is 0.385. The number of rotatable bonds is 3. The van der Waals surface area contributed by atoms with Crippen LogP contribution in [0.5, 0.6) is 0 Å². The maximum absolute atomic E-state index is 13.8. The van der Waals surface area contributed by atoms with E-state index in [0.29, 0.717) is 10.6 Å². The summed E-state index contributed by atoms with van der Waals surface area (Å²) < 4.78 is 13.8. The average molecular weight is 255 g/mol. The van der Waals surface area contributed by atoms with Gasteiger partial charge in [0.05, 0.1) is 6.04 Å². The molecule has 1 fully saturated rings. The number of piperazine rings is 1. The smallest absolute Gasteiger partial charge is 0.128 e. The van der Waals surface area contributed by atoms with Crippen LogP contribution in [0.2, 0.25) is 5.02 Å². The molecule has 1 heterocycles. The number of nitrogens with one attached hydrogen (secondary N) is 1. The summed E-state index contributed by atoms with van der Waals surface area (Å²) in [4.78, 5) is 2.21. The summed E-state index contributed by atoms with van der Waals surface area (Å²) in [6.07, 6.45) is 1.78. The molecule has 0 saturated carbocycles. The molecule has 1 aliphatic heterocycles. The lowest BCUT2D eigenvalue weighted by Gasteiger charge is -2.33. The molecule has 4 heteroatoms. The highest BCUT2D eigenvalue weighted by Gasteiger charge is 2.22. The zero-order chi connectivity index (χ0) is 12.3. The summed E-state index contributed by atoms with van der Waals surface area (Å²) in [6, 6.07) is 4.57. The van der Waals surface area contributed by atoms with E-state index in [0.717, 1.165) is 26.2 Å². The van der Waals surface area contributed by atoms with Gasteiger partial charge in [0, 0.05) is 36.8 Å². The Morgan fingerprint density at radius 1 is 1.41 bits per heavy atom. The third-order valence-electron chi connectivity index (χ3n) is 3.04. The maximum atomic E-state index is 13.8. The molecule has 1 atom stereocenters. The highest BCUT2D eigenvalue weighted by molar-refractivity contribution is 6.30. The van der Waals surface area contributed by atoms with Gasteiger partial charge in [-0.15, -0.1) is 6.58 Å². The van der Waals surface area contributed by atoms with Crippen molar-refractivity contribution >= 4 is 11.6 Å². The second-order valence-corrected chi connectivity index (χ2v) is 4.57. The van der Waals surface area contributed by atoms with E-state index in [2.05, 4.69) is 16.8 Å². The zero-order valence-corrected chi connectivity index (χ0v) is 10.4. The summed E-state index contributed by atoms with van der Waals surface area (Å²) in [5, 5.41) is 3.83. The molecule has 1 saturated heterocycles. The van der Waals surface area contributed by atoms with Crippen molar-refractivity contribution in [3.05, 3.63) is 47.3 Å². The summed E-state index contributed by atoms with van der Waals surface area (Å²) >= 11 is 5.92. The second-order valence-electron chi connectivity index (χ2n) is 4.13. The van der Waals surface area contributed by atoms with Crippen LogP contribution in [-0.4, -0.2) is 31.1 Å². The minimum atomic E-state index is -0.224. The van der Waals surface area contributed by atoms with Crippen molar-refractivity contribution in [3.8, 4) is 0 Å². The Hall–Kier alpha value is -0.900. The number of halogens is 2. The SMILES string of the molecule is C=C[C@@H](c1cc(Cl)ccc1F)N1CCNCC1. The van der Waals surface area contributed by atoms with Crippen LogP contribution >= 0.6 is 11.6 Å². The van der Waals surface area contributed by atoms with Crippen LogP contribution in [-0.2, 0) is 0 Å². The number of hydrogen-bond acceptors (Lipinski definition) is 2. The molecule has 0 aliphatic carbocycles. The summed E-state index contributed by atoms with van der Waals surface area (Å²) in [6.45, 7) is 7.44. The van der Waals surface area contributed by atoms with Crippen molar-refractivity contribution < 1.29 is 4.39 Å². The van der Waals surface area contributed by atoms with Gasteiger partial charge in [-0.1, -0.05) is 17.7 Å². The predicted octanol–water partition coefficient (Wildman–Crippen LogP) is 2.61. The van der Waals surface area contributed by atoms with Crippen LogP contribution in [0.1, 0.15) is 11.6 Å². The molecule has 92 valence electrons. The summed E-state index contributed by atoms with van der Waals surface area (Å²) in [7, 11) is 0. The van der Waals surface area contributed by atoms with Crippen molar-refractivity contribution in [1.82, 2.24) is 10.2 Å². The summed E-state index contributed by atoms with van der Waals surface area (Å²) in [5.41, 5.74) is 0.606. The first-order valence-electron chi connectivity index (χ1n) is 5.74. The van der Waals surface area contributed by atoms with E-state index in [1.54, 1.807) is 18.2 Å². The Bertz CT molecular complexity index is 402. The van der Waals surface area contributed by atoms with E-state index >= 15 is 0 Å². The molecule has 1 aliphatic rings. The van der Waals surface area contributed by atoms with Crippen molar-refractivity contribution in [1.29, 1.82) is 0 Å². The minimum Gasteiger partial charge on any atom is -0.314 e. The van der Waals surface area contributed by atoms with E-state index < -0.39 is 0 Å². The van der Waals surface area contributed by atoms with Gasteiger partial charge in [-0.25, -0.2) is 4.39 Å². The van der Waals surface area contributed by atoms with E-state index in [4.69, 9.17) is 11.6 Å². The zero-order valence-electron chi connectivity index (χ0n) is 9.63. The Labute approximate surface area is 106 Å². The first kappa shape index (κ1) is 12.6. The van der Waals surface area contributed by atoms with Gasteiger partial charge in [0.2, 0.25) is 0 Å². The third kappa shape index (κ3) is 2.86. The largest absolute Gasteiger partial charge is 0.314 e. The molecule has 1 N–H and O–H groups in total. The summed E-state index contributed by atoms with van der Waals surface area (Å²) in [5.74, 6) is -0.224. The molecular weight excluding hydrogens is 239 g/mol. The van der Waals surface area contributed by atoms with Gasteiger partial charge in [0.15, 0.2) is 0 Å². The van der Waals surface area contributed by atoms with Gasteiger partial charge in [-0.05, 0) is 18.2 Å². The first-order valence-corrected chi connectivity index (χ1v) is 6.12. The third-order valence-corrected chi connectivity index (χ3v) is 3.28. The standard InChI is InChI=1S/C13H16ClFN2/c1-2-13(17-7-5-16-6-8-17)11-9-10(14)3-4-12(11)15/h2-4,9,13,16H,1,5-8H2/t13-/m0/s1. The molecule has 0 radical (unpaired) electrons. The van der Waals surface area contributed by atoms with Crippen molar-refractivity contribution in [2.24, 2.45) is 0 Å². The number of hydrogen-bond donors (Lipinski definition) is 1. The predicted molar refractivity (Wildman–Crippen MR) is 68.8 cm³/mol. The normalized spacial score (nSPS) is 18.9. The highest BCUT2D eigenvalue weighted by atomic mass is 35.5. The Morgan fingerprint density at radius 2 is 2.12 bits per heavy atom. The van der Waals surface area contributed by atoms with Gasteiger partial charge in [0.25, 0.3) is 0 Å². The van der Waals surface area contributed by atoms with Crippen LogP contribution in [0, 0.1) is 5.82 Å². The molecule has 1 aromatic carbocycles. The van der Waals surface area contributed by atoms with Crippen molar-refractivity contribution in [2.45, 2.75) is 6.04 Å². The molecule has 0 unspecified atom stereocenters. The Balaban J connectivity index is 2.27. The van der Waals surface area contributed by atoms with Crippen LogP contribution in [0.3, 0.4) is 0 Å². The van der Waals surface area contributed by atoms with Crippen LogP contribution in [0.25, 0.3) is 0 Å². The van der Waals surface area contributed by atoms with Gasteiger partial charge >= 0.3 is 0 Å². The molecule has 0 bridgehead atoms. The molecule has 0 amide bonds. The monoisotopic (exact) mass is 254 g/mol. The number of nitrogens with zero attached hydrogens (tertiary/aromatic N) is 1. The van der Waals surface area contributed by atoms with E-state index in [-0.39, 0.29) is 11.9 Å². The quantitative estimate of drug-likeness (QED) is 0.835. The van der Waals surface area contributed by atoms with Crippen molar-refractivity contribution in [3.63, 3.8) is 0 Å². The fourth-order valence-corrected chi connectivity index (χ4v) is 2.35. The maximum Gasteiger partial charge on any atom is 0.128 e. The van der Waals surface area contributed by atoms with Gasteiger partial charge < -0.3 is 5.32 Å². The lowest BCUT2D eigenvalue weighted by atomic mass is 10.0. The molecular formula is C13H16ClFN2. The molecule has 0 spiro atoms. The molecule has 0 aromatic heterocycles. The van der Waals surface area contributed by atoms with Crippen LogP contribution in [0.15, 0.2) is 30.9 Å². The second kappa shape index (κ2) is 5.63. The molecule has 2 nitrogen and oxygen atoms in total. The minimum absolute atomic E-state index is 0.101. The van der Waals surface area contributed by atoms with E-state index in [1.165, 1.54) is 6.07 Å². The highest BCUT2D eigenvalue weighted by Crippen LogP contribution is 2.27. The molecule has 17 heavy (non-hydrogen) atoms. The fourth-order valence-electron chi connectivity index (χ4n) is 2.17. The Morgan fingerprint density at radius 3 is 2.76 bits per heavy atom. The van der Waals surface area contributed by atoms with E-state index in [9.17, 15) is 4.39 Å². The number of benzene rings is 1. The van der Waals surface area contributed by atoms with Gasteiger partial charge in [-0.3, -0.25) is 4.90 Å². The molecule has 2 rings (SSSR count). The lowest BCUT2D eigenvalue weighted by Crippen LogP contribution is -2.44. The molecule has 1 aromatic rings.